The minimum absolute atomic E-state index is 0.0112. The van der Waals surface area contributed by atoms with Crippen LogP contribution >= 0.6 is 19.9 Å². The van der Waals surface area contributed by atoms with E-state index in [0.717, 1.165) is 4.90 Å². The number of rotatable bonds is 6. The van der Waals surface area contributed by atoms with Crippen LogP contribution in [-0.2, 0) is 28.0 Å². The molecule has 0 amide bonds. The fourth-order valence-corrected chi connectivity index (χ4v) is 3.34. The summed E-state index contributed by atoms with van der Waals surface area (Å²) in [5.41, 5.74) is 0. The van der Waals surface area contributed by atoms with Crippen molar-refractivity contribution >= 4 is 37.8 Å². The summed E-state index contributed by atoms with van der Waals surface area (Å²) in [6.45, 7) is 0. The van der Waals surface area contributed by atoms with Crippen LogP contribution in [0.2, 0.25) is 0 Å². The van der Waals surface area contributed by atoms with Crippen LogP contribution in [0.15, 0.2) is 35.2 Å². The lowest BCUT2D eigenvalue weighted by Crippen LogP contribution is -2.07. The molecule has 0 unspecified atom stereocenters. The topological polar surface area (TPSA) is 99.1 Å². The molecular weight excluding hydrogens is 319 g/mol. The predicted octanol–water partition coefficient (Wildman–Crippen LogP) is 1.87. The maximum atomic E-state index is 11.5. The number of benzene rings is 1. The average molecular weight is 331 g/mol. The molecule has 21 heavy (non-hydrogen) atoms. The highest BCUT2D eigenvalue weighted by Gasteiger charge is 2.64. The summed E-state index contributed by atoms with van der Waals surface area (Å²) in [4.78, 5) is 43.6. The molecule has 1 N–H and O–H groups in total. The van der Waals surface area contributed by atoms with Gasteiger partial charge in [-0.05, 0) is 24.3 Å². The molecule has 1 heterocycles. The highest BCUT2D eigenvalue weighted by Crippen LogP contribution is 2.62. The lowest BCUT2D eigenvalue weighted by Gasteiger charge is -2.04. The van der Waals surface area contributed by atoms with Gasteiger partial charge in [0.15, 0.2) is 0 Å². The van der Waals surface area contributed by atoms with E-state index in [1.807, 2.05) is 30.3 Å². The highest BCUT2D eigenvalue weighted by atomic mass is 32.2. The van der Waals surface area contributed by atoms with Crippen LogP contribution in [0, 0.1) is 0 Å². The molecule has 1 aromatic rings. The van der Waals surface area contributed by atoms with E-state index in [1.165, 1.54) is 0 Å². The minimum atomic E-state index is -4.15. The van der Waals surface area contributed by atoms with E-state index >= 15 is 0 Å². The standard InChI is InChI=1S/C12H12O7PS/c13-10(17-20(16)18-11(14)12(15)19-20)7-4-8-21-9-5-2-1-3-6-9/h1-3,5-6,16H,4,7-8H2/q+1. The first-order valence-corrected chi connectivity index (χ1v) is 8.46. The fourth-order valence-electron chi connectivity index (χ4n) is 1.44. The van der Waals surface area contributed by atoms with Crippen molar-refractivity contribution in [3.05, 3.63) is 30.3 Å². The van der Waals surface area contributed by atoms with E-state index in [2.05, 4.69) is 13.6 Å². The van der Waals surface area contributed by atoms with E-state index in [4.69, 9.17) is 0 Å². The lowest BCUT2D eigenvalue weighted by atomic mass is 10.3. The predicted molar refractivity (Wildman–Crippen MR) is 73.8 cm³/mol. The largest absolute Gasteiger partial charge is 0.724 e. The number of hydrogen-bond acceptors (Lipinski definition) is 8. The van der Waals surface area contributed by atoms with Crippen LogP contribution in [0.25, 0.3) is 0 Å². The molecule has 0 bridgehead atoms. The second-order valence-corrected chi connectivity index (χ2v) is 6.61. The zero-order valence-electron chi connectivity index (χ0n) is 10.8. The molecule has 1 fully saturated rings. The van der Waals surface area contributed by atoms with E-state index in [1.54, 1.807) is 11.8 Å². The van der Waals surface area contributed by atoms with Gasteiger partial charge in [0.25, 0.3) is 0 Å². The summed E-state index contributed by atoms with van der Waals surface area (Å²) >= 11 is 1.57. The van der Waals surface area contributed by atoms with Gasteiger partial charge in [0.1, 0.15) is 0 Å². The van der Waals surface area contributed by atoms with Crippen LogP contribution in [0.5, 0.6) is 0 Å². The van der Waals surface area contributed by atoms with Crippen molar-refractivity contribution in [1.82, 2.24) is 0 Å². The average Bonchev–Trinajstić information content (AvgIpc) is 2.69. The molecule has 0 radical (unpaired) electrons. The van der Waals surface area contributed by atoms with Gasteiger partial charge < -0.3 is 0 Å². The monoisotopic (exact) mass is 331 g/mol. The maximum Gasteiger partial charge on any atom is 0.724 e. The Balaban J connectivity index is 1.68. The van der Waals surface area contributed by atoms with Crippen molar-refractivity contribution in [3.8, 4) is 0 Å². The molecule has 0 spiro atoms. The number of thioether (sulfide) groups is 1. The summed E-state index contributed by atoms with van der Waals surface area (Å²) in [7, 11) is -4.15. The summed E-state index contributed by atoms with van der Waals surface area (Å²) in [6.07, 6.45) is 0.511. The van der Waals surface area contributed by atoms with E-state index in [0.29, 0.717) is 12.2 Å². The first kappa shape index (κ1) is 15.8. The van der Waals surface area contributed by atoms with E-state index in [-0.39, 0.29) is 6.42 Å². The summed E-state index contributed by atoms with van der Waals surface area (Å²) in [5.74, 6) is -2.84. The zero-order valence-corrected chi connectivity index (χ0v) is 12.5. The van der Waals surface area contributed by atoms with Gasteiger partial charge in [0, 0.05) is 4.90 Å². The summed E-state index contributed by atoms with van der Waals surface area (Å²) in [5, 5.41) is 0. The van der Waals surface area contributed by atoms with Crippen molar-refractivity contribution in [1.29, 1.82) is 0 Å². The SMILES string of the molecule is O=C(CCCSc1ccccc1)O[P+]1(O)OC(=O)C(=O)O1. The second kappa shape index (κ2) is 6.89. The van der Waals surface area contributed by atoms with Crippen LogP contribution < -0.4 is 0 Å². The molecule has 1 aliphatic heterocycles. The van der Waals surface area contributed by atoms with Crippen LogP contribution in [0.3, 0.4) is 0 Å². The van der Waals surface area contributed by atoms with Gasteiger partial charge in [-0.2, -0.15) is 9.05 Å². The smallest absolute Gasteiger partial charge is 0.247 e. The molecule has 0 aromatic heterocycles. The van der Waals surface area contributed by atoms with Crippen LogP contribution in [-0.4, -0.2) is 28.6 Å². The summed E-state index contributed by atoms with van der Waals surface area (Å²) in [6, 6.07) is 9.65. The third-order valence-corrected chi connectivity index (χ3v) is 4.64. The van der Waals surface area contributed by atoms with Crippen molar-refractivity contribution in [2.75, 3.05) is 5.75 Å². The molecule has 7 nitrogen and oxygen atoms in total. The van der Waals surface area contributed by atoms with Gasteiger partial charge in [0.2, 0.25) is 0 Å². The molecule has 1 aliphatic rings. The first-order chi connectivity index (χ1) is 9.98. The van der Waals surface area contributed by atoms with Crippen molar-refractivity contribution in [2.45, 2.75) is 17.7 Å². The second-order valence-electron chi connectivity index (χ2n) is 3.95. The Hall–Kier alpha value is -1.63. The molecule has 9 heteroatoms. The Morgan fingerprint density at radius 2 is 1.81 bits per heavy atom. The molecule has 2 rings (SSSR count). The summed E-state index contributed by atoms with van der Waals surface area (Å²) < 4.78 is 13.0. The normalized spacial score (nSPS) is 16.2. The van der Waals surface area contributed by atoms with Crippen LogP contribution in [0.4, 0.5) is 0 Å². The van der Waals surface area contributed by atoms with Crippen LogP contribution in [0.1, 0.15) is 12.8 Å². The Morgan fingerprint density at radius 1 is 1.19 bits per heavy atom. The Kier molecular flexibility index (Phi) is 5.17. The van der Waals surface area contributed by atoms with Gasteiger partial charge >= 0.3 is 26.1 Å². The minimum Gasteiger partial charge on any atom is -0.247 e. The zero-order chi connectivity index (χ0) is 15.3. The first-order valence-electron chi connectivity index (χ1n) is 5.98. The highest BCUT2D eigenvalue weighted by molar-refractivity contribution is 7.99. The number of carbonyl (C=O) groups excluding carboxylic acids is 3. The molecule has 0 atom stereocenters. The lowest BCUT2D eigenvalue weighted by molar-refractivity contribution is -0.150. The van der Waals surface area contributed by atoms with Gasteiger partial charge in [-0.1, -0.05) is 18.2 Å². The number of hydrogen-bond donors (Lipinski definition) is 1. The number of carbonyl (C=O) groups is 3. The fraction of sp³-hybridized carbons (Fsp3) is 0.250. The molecule has 0 aliphatic carbocycles. The third kappa shape index (κ3) is 4.70. The van der Waals surface area contributed by atoms with Gasteiger partial charge in [0.05, 0.1) is 6.42 Å². The van der Waals surface area contributed by atoms with Crippen molar-refractivity contribution in [2.24, 2.45) is 0 Å². The Bertz CT molecular complexity index is 532. The van der Waals surface area contributed by atoms with E-state index < -0.39 is 26.1 Å². The van der Waals surface area contributed by atoms with Crippen molar-refractivity contribution < 1.29 is 32.8 Å². The van der Waals surface area contributed by atoms with Crippen molar-refractivity contribution in [3.63, 3.8) is 0 Å². The van der Waals surface area contributed by atoms with Gasteiger partial charge in [-0.15, -0.1) is 16.7 Å². The molecular formula is C12H12O7PS+. The van der Waals surface area contributed by atoms with Gasteiger partial charge in [-0.3, -0.25) is 0 Å². The third-order valence-electron chi connectivity index (χ3n) is 2.32. The molecule has 0 saturated carbocycles. The quantitative estimate of drug-likeness (QED) is 0.365. The Labute approximate surface area is 125 Å². The maximum absolute atomic E-state index is 11.5. The van der Waals surface area contributed by atoms with Gasteiger partial charge in [-0.25, -0.2) is 18.9 Å². The van der Waals surface area contributed by atoms with E-state index in [9.17, 15) is 19.3 Å². The Morgan fingerprint density at radius 3 is 2.43 bits per heavy atom. The molecule has 112 valence electrons. The molecule has 1 saturated heterocycles. The molecule has 1 aromatic carbocycles.